The van der Waals surface area contributed by atoms with E-state index < -0.39 is 0 Å². The average Bonchev–Trinajstić information content (AvgIpc) is 3.00. The predicted molar refractivity (Wildman–Crippen MR) is 90.2 cm³/mol. The van der Waals surface area contributed by atoms with Gasteiger partial charge < -0.3 is 5.32 Å². The van der Waals surface area contributed by atoms with Gasteiger partial charge in [0.1, 0.15) is 0 Å². The summed E-state index contributed by atoms with van der Waals surface area (Å²) in [6, 6.07) is 17.2. The molecule has 3 rings (SSSR count). The molecule has 3 aromatic rings. The first-order valence-corrected chi connectivity index (χ1v) is 7.96. The summed E-state index contributed by atoms with van der Waals surface area (Å²) >= 11 is 7.12. The van der Waals surface area contributed by atoms with Crippen molar-refractivity contribution in [1.29, 1.82) is 0 Å². The van der Waals surface area contributed by atoms with Crippen molar-refractivity contribution < 1.29 is 4.79 Å². The van der Waals surface area contributed by atoms with Gasteiger partial charge in [-0.1, -0.05) is 48.0 Å². The molecular formula is C17H13ClN2OS. The maximum atomic E-state index is 12.1. The number of amides is 1. The van der Waals surface area contributed by atoms with Crippen LogP contribution in [0, 0.1) is 0 Å². The van der Waals surface area contributed by atoms with Gasteiger partial charge >= 0.3 is 0 Å². The van der Waals surface area contributed by atoms with E-state index in [0.717, 1.165) is 16.8 Å². The highest BCUT2D eigenvalue weighted by Gasteiger charge is 2.10. The van der Waals surface area contributed by atoms with Gasteiger partial charge in [-0.05, 0) is 23.8 Å². The molecule has 0 aliphatic heterocycles. The first-order chi connectivity index (χ1) is 10.7. The van der Waals surface area contributed by atoms with Crippen molar-refractivity contribution in [2.75, 3.05) is 0 Å². The zero-order valence-electron chi connectivity index (χ0n) is 11.6. The quantitative estimate of drug-likeness (QED) is 0.771. The van der Waals surface area contributed by atoms with Crippen LogP contribution in [0.4, 0.5) is 0 Å². The van der Waals surface area contributed by atoms with Crippen molar-refractivity contribution in [1.82, 2.24) is 10.3 Å². The Hall–Kier alpha value is -2.17. The molecule has 0 radical (unpaired) electrons. The van der Waals surface area contributed by atoms with E-state index in [1.54, 1.807) is 18.3 Å². The minimum absolute atomic E-state index is 0.125. The zero-order valence-corrected chi connectivity index (χ0v) is 13.2. The topological polar surface area (TPSA) is 42.0 Å². The number of hydrogen-bond acceptors (Lipinski definition) is 3. The number of carbonyl (C=O) groups excluding carboxylic acids is 1. The Balaban J connectivity index is 1.77. The third kappa shape index (κ3) is 3.35. The van der Waals surface area contributed by atoms with E-state index in [0.29, 0.717) is 15.8 Å². The first-order valence-electron chi connectivity index (χ1n) is 6.77. The lowest BCUT2D eigenvalue weighted by Gasteiger charge is -2.09. The molecule has 1 aromatic carbocycles. The number of nitrogens with one attached hydrogen (secondary N) is 1. The van der Waals surface area contributed by atoms with E-state index in [-0.39, 0.29) is 5.91 Å². The molecule has 3 nitrogen and oxygen atoms in total. The number of pyridine rings is 1. The van der Waals surface area contributed by atoms with Gasteiger partial charge in [0, 0.05) is 18.3 Å². The second kappa shape index (κ2) is 6.73. The Morgan fingerprint density at radius 2 is 1.91 bits per heavy atom. The summed E-state index contributed by atoms with van der Waals surface area (Å²) in [5, 5.41) is 2.91. The molecule has 0 aliphatic carbocycles. The van der Waals surface area contributed by atoms with Gasteiger partial charge in [0.2, 0.25) is 0 Å². The fourth-order valence-corrected chi connectivity index (χ4v) is 3.10. The molecule has 0 aliphatic rings. The van der Waals surface area contributed by atoms with E-state index in [1.807, 2.05) is 42.5 Å². The SMILES string of the molecule is O=C(NCc1cccnc1-c1ccccc1)c1ccc(Cl)s1. The van der Waals surface area contributed by atoms with Crippen molar-refractivity contribution in [3.63, 3.8) is 0 Å². The fraction of sp³-hybridized carbons (Fsp3) is 0.0588. The minimum atomic E-state index is -0.125. The van der Waals surface area contributed by atoms with Crippen molar-refractivity contribution in [2.45, 2.75) is 6.54 Å². The molecule has 2 aromatic heterocycles. The molecule has 1 amide bonds. The van der Waals surface area contributed by atoms with Crippen LogP contribution in [0.25, 0.3) is 11.3 Å². The van der Waals surface area contributed by atoms with E-state index in [1.165, 1.54) is 11.3 Å². The highest BCUT2D eigenvalue weighted by atomic mass is 35.5. The van der Waals surface area contributed by atoms with Crippen LogP contribution in [0.2, 0.25) is 4.34 Å². The number of nitrogens with zero attached hydrogens (tertiary/aromatic N) is 1. The molecule has 0 saturated carbocycles. The van der Waals surface area contributed by atoms with E-state index in [4.69, 9.17) is 11.6 Å². The molecular weight excluding hydrogens is 316 g/mol. The Labute approximate surface area is 137 Å². The van der Waals surface area contributed by atoms with Crippen molar-refractivity contribution in [3.05, 3.63) is 75.6 Å². The van der Waals surface area contributed by atoms with Crippen LogP contribution in [-0.2, 0) is 6.54 Å². The van der Waals surface area contributed by atoms with Crippen LogP contribution in [-0.4, -0.2) is 10.9 Å². The molecule has 0 fully saturated rings. The Bertz CT molecular complexity index is 786. The largest absolute Gasteiger partial charge is 0.347 e. The summed E-state index contributed by atoms with van der Waals surface area (Å²) in [5.41, 5.74) is 2.89. The number of thiophene rings is 1. The summed E-state index contributed by atoms with van der Waals surface area (Å²) in [7, 11) is 0. The normalized spacial score (nSPS) is 10.4. The van der Waals surface area contributed by atoms with Crippen molar-refractivity contribution in [2.24, 2.45) is 0 Å². The summed E-state index contributed by atoms with van der Waals surface area (Å²) in [5.74, 6) is -0.125. The van der Waals surface area contributed by atoms with Crippen LogP contribution in [0.3, 0.4) is 0 Å². The van der Waals surface area contributed by atoms with Crippen LogP contribution in [0.15, 0.2) is 60.8 Å². The second-order valence-corrected chi connectivity index (χ2v) is 6.38. The van der Waals surface area contributed by atoms with Crippen molar-refractivity contribution in [3.8, 4) is 11.3 Å². The Kier molecular flexibility index (Phi) is 4.51. The average molecular weight is 329 g/mol. The fourth-order valence-electron chi connectivity index (χ4n) is 2.14. The molecule has 0 unspecified atom stereocenters. The molecule has 1 N–H and O–H groups in total. The van der Waals surface area contributed by atoms with Gasteiger partial charge in [-0.2, -0.15) is 0 Å². The monoisotopic (exact) mass is 328 g/mol. The molecule has 0 spiro atoms. The molecule has 110 valence electrons. The van der Waals surface area contributed by atoms with Gasteiger partial charge in [0.05, 0.1) is 14.9 Å². The lowest BCUT2D eigenvalue weighted by atomic mass is 10.1. The van der Waals surface area contributed by atoms with Gasteiger partial charge in [-0.25, -0.2) is 0 Å². The number of benzene rings is 1. The molecule has 22 heavy (non-hydrogen) atoms. The Morgan fingerprint density at radius 3 is 2.64 bits per heavy atom. The van der Waals surface area contributed by atoms with Crippen LogP contribution in [0.5, 0.6) is 0 Å². The standard InChI is InChI=1S/C17H13ClN2OS/c18-15-9-8-14(22-15)17(21)20-11-13-7-4-10-19-16(13)12-5-2-1-3-6-12/h1-10H,11H2,(H,20,21). The summed E-state index contributed by atoms with van der Waals surface area (Å²) in [6.07, 6.45) is 1.76. The van der Waals surface area contributed by atoms with E-state index >= 15 is 0 Å². The minimum Gasteiger partial charge on any atom is -0.347 e. The van der Waals surface area contributed by atoms with Gasteiger partial charge in [0.25, 0.3) is 5.91 Å². The number of rotatable bonds is 4. The Morgan fingerprint density at radius 1 is 1.09 bits per heavy atom. The number of hydrogen-bond donors (Lipinski definition) is 1. The summed E-state index contributed by atoms with van der Waals surface area (Å²) in [4.78, 5) is 17.1. The molecule has 2 heterocycles. The third-order valence-corrected chi connectivity index (χ3v) is 4.40. The molecule has 5 heteroatoms. The highest BCUT2D eigenvalue weighted by molar-refractivity contribution is 7.17. The molecule has 0 atom stereocenters. The maximum Gasteiger partial charge on any atom is 0.261 e. The van der Waals surface area contributed by atoms with Crippen LogP contribution in [0.1, 0.15) is 15.2 Å². The lowest BCUT2D eigenvalue weighted by molar-refractivity contribution is 0.0955. The molecule has 0 bridgehead atoms. The van der Waals surface area contributed by atoms with Crippen molar-refractivity contribution >= 4 is 28.8 Å². The predicted octanol–water partition coefficient (Wildman–Crippen LogP) is 4.39. The smallest absolute Gasteiger partial charge is 0.261 e. The number of carbonyl (C=O) groups is 1. The van der Waals surface area contributed by atoms with Gasteiger partial charge in [-0.15, -0.1) is 11.3 Å². The van der Waals surface area contributed by atoms with Crippen LogP contribution >= 0.6 is 22.9 Å². The number of aromatic nitrogens is 1. The lowest BCUT2D eigenvalue weighted by Crippen LogP contribution is -2.22. The molecule has 0 saturated heterocycles. The first kappa shape index (κ1) is 14.8. The maximum absolute atomic E-state index is 12.1. The highest BCUT2D eigenvalue weighted by Crippen LogP contribution is 2.22. The van der Waals surface area contributed by atoms with Crippen LogP contribution < -0.4 is 5.32 Å². The number of halogens is 1. The summed E-state index contributed by atoms with van der Waals surface area (Å²) < 4.78 is 0.608. The third-order valence-electron chi connectivity index (χ3n) is 3.17. The van der Waals surface area contributed by atoms with E-state index in [2.05, 4.69) is 10.3 Å². The summed E-state index contributed by atoms with van der Waals surface area (Å²) in [6.45, 7) is 0.423. The van der Waals surface area contributed by atoms with Gasteiger partial charge in [-0.3, -0.25) is 9.78 Å². The van der Waals surface area contributed by atoms with E-state index in [9.17, 15) is 4.79 Å². The van der Waals surface area contributed by atoms with Gasteiger partial charge in [0.15, 0.2) is 0 Å². The zero-order chi connectivity index (χ0) is 15.4. The second-order valence-electron chi connectivity index (χ2n) is 4.66.